The molecule has 0 aliphatic heterocycles. The van der Waals surface area contributed by atoms with E-state index in [1.165, 1.54) is 0 Å². The molecule has 0 atom stereocenters. The molecule has 10 nitrogen and oxygen atoms in total. The molecule has 0 fully saturated rings. The van der Waals surface area contributed by atoms with Crippen molar-refractivity contribution in [2.45, 2.75) is 30.8 Å². The van der Waals surface area contributed by atoms with E-state index in [0.717, 1.165) is 6.54 Å². The molecule has 12 heteroatoms. The summed E-state index contributed by atoms with van der Waals surface area (Å²) in [6.07, 6.45) is -0.0878. The lowest BCUT2D eigenvalue weighted by molar-refractivity contribution is -0.870. The van der Waals surface area contributed by atoms with Gasteiger partial charge in [0.2, 0.25) is 5.91 Å². The first kappa shape index (κ1) is 22.7. The van der Waals surface area contributed by atoms with Crippen molar-refractivity contribution < 1.29 is 43.1 Å². The predicted octanol–water partition coefficient (Wildman–Crippen LogP) is -0.629. The van der Waals surface area contributed by atoms with Crippen LogP contribution in [0.5, 0.6) is 0 Å². The Kier molecular flexibility index (Phi) is 8.07. The Morgan fingerprint density at radius 2 is 1.52 bits per heavy atom. The van der Waals surface area contributed by atoms with Gasteiger partial charge in [0.15, 0.2) is 0 Å². The van der Waals surface area contributed by atoms with Crippen LogP contribution in [-0.2, 0) is 13.9 Å². The van der Waals surface area contributed by atoms with Crippen LogP contribution in [0.4, 0.5) is 0 Å². The minimum absolute atomic E-state index is 0.0501. The number of nitrogens with one attached hydrogen (secondary N) is 1. The van der Waals surface area contributed by atoms with Crippen molar-refractivity contribution in [3.05, 3.63) is 0 Å². The minimum atomic E-state index is -5.43. The molecule has 0 aromatic rings. The molecule has 0 aromatic heterocycles. The quantitative estimate of drug-likeness (QED) is 0.166. The zero-order valence-corrected chi connectivity index (χ0v) is 15.3. The summed E-state index contributed by atoms with van der Waals surface area (Å²) in [6.45, 7) is 0.745. The van der Waals surface area contributed by atoms with E-state index >= 15 is 0 Å². The lowest BCUT2D eigenvalue weighted by Gasteiger charge is -2.29. The van der Waals surface area contributed by atoms with Crippen molar-refractivity contribution in [3.63, 3.8) is 0 Å². The fourth-order valence-corrected chi connectivity index (χ4v) is 4.07. The zero-order chi connectivity index (χ0) is 18.5. The summed E-state index contributed by atoms with van der Waals surface area (Å²) < 4.78 is 23.0. The van der Waals surface area contributed by atoms with Crippen LogP contribution in [0.3, 0.4) is 0 Å². The molecular formula is C11H27N2O8P2+. The largest absolute Gasteiger partial charge is 0.369 e. The molecular weight excluding hydrogens is 350 g/mol. The van der Waals surface area contributed by atoms with E-state index in [2.05, 4.69) is 5.32 Å². The third-order valence-electron chi connectivity index (χ3n) is 3.18. The van der Waals surface area contributed by atoms with E-state index in [1.54, 1.807) is 0 Å². The van der Waals surface area contributed by atoms with Crippen molar-refractivity contribution in [2.24, 2.45) is 0 Å². The van der Waals surface area contributed by atoms with Crippen molar-refractivity contribution in [3.8, 4) is 0 Å². The van der Waals surface area contributed by atoms with Crippen molar-refractivity contribution >= 4 is 21.1 Å². The van der Waals surface area contributed by atoms with Gasteiger partial charge in [0, 0.05) is 25.8 Å². The van der Waals surface area contributed by atoms with Gasteiger partial charge in [-0.15, -0.1) is 0 Å². The average molecular weight is 377 g/mol. The number of hydrogen-bond donors (Lipinski definition) is 6. The summed E-state index contributed by atoms with van der Waals surface area (Å²) in [5.74, 6) is -0.269. The lowest BCUT2D eigenvalue weighted by atomic mass is 10.2. The molecule has 0 unspecified atom stereocenters. The van der Waals surface area contributed by atoms with E-state index in [-0.39, 0.29) is 25.3 Å². The molecule has 0 saturated carbocycles. The molecule has 0 aliphatic rings. The van der Waals surface area contributed by atoms with Gasteiger partial charge < -0.3 is 34.5 Å². The number of hydrogen-bond acceptors (Lipinski definition) is 4. The van der Waals surface area contributed by atoms with E-state index in [1.807, 2.05) is 21.1 Å². The number of carbonyl (C=O) groups is 1. The number of aliphatic hydroxyl groups is 1. The molecule has 0 radical (unpaired) electrons. The van der Waals surface area contributed by atoms with Crippen LogP contribution in [0.15, 0.2) is 0 Å². The summed E-state index contributed by atoms with van der Waals surface area (Å²) in [5.41, 5.74) is 0. The zero-order valence-electron chi connectivity index (χ0n) is 13.5. The van der Waals surface area contributed by atoms with Crippen molar-refractivity contribution in [2.75, 3.05) is 34.2 Å². The first-order chi connectivity index (χ1) is 10.1. The van der Waals surface area contributed by atoms with E-state index in [4.69, 9.17) is 19.6 Å². The molecule has 0 bridgehead atoms. The van der Waals surface area contributed by atoms with Crippen LogP contribution in [0.25, 0.3) is 0 Å². The summed E-state index contributed by atoms with van der Waals surface area (Å²) in [7, 11) is -4.90. The first-order valence-corrected chi connectivity index (χ1v) is 10.2. The second-order valence-corrected chi connectivity index (χ2v) is 10.4. The number of nitrogens with zero attached hydrogens (tertiary/aromatic N) is 1. The molecule has 1 amide bonds. The second kappa shape index (κ2) is 8.18. The number of amides is 1. The van der Waals surface area contributed by atoms with Gasteiger partial charge in [-0.2, -0.15) is 0 Å². The van der Waals surface area contributed by atoms with Gasteiger partial charge in [0.1, 0.15) is 0 Å². The molecule has 6 N–H and O–H groups in total. The Morgan fingerprint density at radius 3 is 1.91 bits per heavy atom. The predicted molar refractivity (Wildman–Crippen MR) is 83.4 cm³/mol. The smallest absolute Gasteiger partial charge is 0.368 e. The van der Waals surface area contributed by atoms with Crippen molar-refractivity contribution in [1.29, 1.82) is 0 Å². The fourth-order valence-electron chi connectivity index (χ4n) is 1.82. The summed E-state index contributed by atoms with van der Waals surface area (Å²) in [4.78, 5) is 47.4. The van der Waals surface area contributed by atoms with Crippen LogP contribution in [0.1, 0.15) is 25.7 Å². The molecule has 0 aromatic carbocycles. The highest BCUT2D eigenvalue weighted by Crippen LogP contribution is 2.69. The molecule has 0 aliphatic carbocycles. The Morgan fingerprint density at radius 1 is 1.04 bits per heavy atom. The number of quaternary nitrogens is 1. The topological polar surface area (TPSA) is 164 Å². The highest BCUT2D eigenvalue weighted by atomic mass is 31.2. The SMILES string of the molecule is C[N+](C)(C)CCCC(=O)NCCCC(O)(P(=O)(O)O)P(=O)(O)O. The number of carbonyl (C=O) groups excluding carboxylic acids is 1. The van der Waals surface area contributed by atoms with Crippen LogP contribution in [0.2, 0.25) is 0 Å². The standard InChI is InChI=1S/C11H26N2O8P2/c1-13(2,3)9-4-6-10(14)12-8-5-7-11(15,22(16,17)18)23(19,20)21/h15H,4-9H2,1-3H3,(H4-,12,14,16,17,18,19,20,21)/p+1. The maximum atomic E-state index is 11.6. The molecule has 0 saturated heterocycles. The van der Waals surface area contributed by atoms with Gasteiger partial charge in [0.05, 0.1) is 27.7 Å². The maximum absolute atomic E-state index is 11.6. The maximum Gasteiger partial charge on any atom is 0.369 e. The van der Waals surface area contributed by atoms with Crippen LogP contribution < -0.4 is 5.32 Å². The third kappa shape index (κ3) is 7.87. The Hall–Kier alpha value is -0.310. The Bertz CT molecular complexity index is 471. The number of rotatable bonds is 10. The average Bonchev–Trinajstić information content (AvgIpc) is 2.29. The van der Waals surface area contributed by atoms with E-state index in [0.29, 0.717) is 10.9 Å². The van der Waals surface area contributed by atoms with E-state index in [9.17, 15) is 19.0 Å². The summed E-state index contributed by atoms with van der Waals surface area (Å²) in [5, 5.41) is 8.70. The van der Waals surface area contributed by atoms with Gasteiger partial charge in [-0.3, -0.25) is 13.9 Å². The van der Waals surface area contributed by atoms with Gasteiger partial charge >= 0.3 is 15.2 Å². The lowest BCUT2D eigenvalue weighted by Crippen LogP contribution is -2.36. The minimum Gasteiger partial charge on any atom is -0.368 e. The second-order valence-electron chi connectivity index (χ2n) is 6.43. The Labute approximate surface area is 135 Å². The normalized spacial score (nSPS) is 13.9. The van der Waals surface area contributed by atoms with Gasteiger partial charge in [0.25, 0.3) is 5.08 Å². The highest BCUT2D eigenvalue weighted by Gasteiger charge is 2.58. The van der Waals surface area contributed by atoms with Crippen LogP contribution in [0, 0.1) is 0 Å². The van der Waals surface area contributed by atoms with E-state index < -0.39 is 26.7 Å². The molecule has 23 heavy (non-hydrogen) atoms. The first-order valence-electron chi connectivity index (χ1n) is 7.01. The summed E-state index contributed by atoms with van der Waals surface area (Å²) >= 11 is 0. The fraction of sp³-hybridized carbons (Fsp3) is 0.909. The van der Waals surface area contributed by atoms with Gasteiger partial charge in [-0.1, -0.05) is 0 Å². The highest BCUT2D eigenvalue weighted by molar-refractivity contribution is 7.72. The van der Waals surface area contributed by atoms with Crippen molar-refractivity contribution in [1.82, 2.24) is 5.32 Å². The van der Waals surface area contributed by atoms with Gasteiger partial charge in [-0.05, 0) is 6.42 Å². The third-order valence-corrected chi connectivity index (χ3v) is 7.05. The molecule has 0 spiro atoms. The monoisotopic (exact) mass is 377 g/mol. The summed E-state index contributed by atoms with van der Waals surface area (Å²) in [6, 6.07) is 0. The molecule has 0 heterocycles. The molecule has 138 valence electrons. The van der Waals surface area contributed by atoms with Crippen LogP contribution in [-0.4, -0.2) is 74.4 Å². The van der Waals surface area contributed by atoms with Crippen LogP contribution >= 0.6 is 15.2 Å². The molecule has 0 rings (SSSR count). The Balaban J connectivity index is 4.31. The van der Waals surface area contributed by atoms with Gasteiger partial charge in [-0.25, -0.2) is 0 Å².